The van der Waals surface area contributed by atoms with Gasteiger partial charge in [0.1, 0.15) is 18.3 Å². The zero-order valence-corrected chi connectivity index (χ0v) is 10.2. The lowest BCUT2D eigenvalue weighted by molar-refractivity contribution is -0.122. The van der Waals surface area contributed by atoms with E-state index >= 15 is 0 Å². The molecule has 1 rings (SSSR count). The first-order valence-electron chi connectivity index (χ1n) is 6.07. The van der Waals surface area contributed by atoms with E-state index in [0.717, 1.165) is 0 Å². The van der Waals surface area contributed by atoms with Crippen molar-refractivity contribution in [3.63, 3.8) is 0 Å². The Morgan fingerprint density at radius 2 is 1.61 bits per heavy atom. The van der Waals surface area contributed by atoms with Gasteiger partial charge in [0.25, 0.3) is 0 Å². The summed E-state index contributed by atoms with van der Waals surface area (Å²) in [5.41, 5.74) is 0. The molecule has 1 aliphatic rings. The van der Waals surface area contributed by atoms with Crippen LogP contribution in [0, 0.1) is 0 Å². The second-order valence-corrected chi connectivity index (χ2v) is 4.48. The lowest BCUT2D eigenvalue weighted by Gasteiger charge is -2.23. The van der Waals surface area contributed by atoms with Gasteiger partial charge in [-0.05, 0) is 12.8 Å². The van der Waals surface area contributed by atoms with Crippen LogP contribution in [-0.2, 0) is 9.47 Å². The van der Waals surface area contributed by atoms with Crippen LogP contribution in [0.3, 0.4) is 0 Å². The van der Waals surface area contributed by atoms with Crippen molar-refractivity contribution < 1.29 is 35.0 Å². The minimum absolute atomic E-state index is 0.00738. The normalized spacial score (nSPS) is 31.5. The van der Waals surface area contributed by atoms with Gasteiger partial charge in [-0.1, -0.05) is 0 Å². The van der Waals surface area contributed by atoms with E-state index in [9.17, 15) is 10.2 Å². The molecule has 18 heavy (non-hydrogen) atoms. The third-order valence-corrected chi connectivity index (χ3v) is 2.93. The van der Waals surface area contributed by atoms with Gasteiger partial charge in [0.15, 0.2) is 0 Å². The smallest absolute Gasteiger partial charge is 0.109 e. The van der Waals surface area contributed by atoms with Crippen LogP contribution in [-0.4, -0.2) is 82.5 Å². The minimum Gasteiger partial charge on any atom is -0.394 e. The van der Waals surface area contributed by atoms with Gasteiger partial charge in [0, 0.05) is 0 Å². The zero-order chi connectivity index (χ0) is 13.5. The molecule has 0 aromatic heterocycles. The standard InChI is InChI=1S/C11H22O7/c12-3-7(14)5-17-8(4-13)6-18-11-9(15)1-2-10(11)16/h7-16H,1-6H2. The van der Waals surface area contributed by atoms with Crippen LogP contribution in [0.2, 0.25) is 0 Å². The maximum atomic E-state index is 9.54. The van der Waals surface area contributed by atoms with Crippen LogP contribution in [0.1, 0.15) is 12.8 Å². The summed E-state index contributed by atoms with van der Waals surface area (Å²) in [7, 11) is 0. The van der Waals surface area contributed by atoms with Gasteiger partial charge in [-0.25, -0.2) is 0 Å². The Hall–Kier alpha value is -0.280. The summed E-state index contributed by atoms with van der Waals surface area (Å²) in [6.07, 6.45) is -2.76. The zero-order valence-electron chi connectivity index (χ0n) is 10.2. The lowest BCUT2D eigenvalue weighted by Crippen LogP contribution is -2.37. The van der Waals surface area contributed by atoms with Crippen LogP contribution in [0.15, 0.2) is 0 Å². The average Bonchev–Trinajstić information content (AvgIpc) is 2.69. The Kier molecular flexibility index (Phi) is 7.02. The molecule has 4 atom stereocenters. The first-order chi connectivity index (χ1) is 8.58. The Morgan fingerprint density at radius 3 is 2.11 bits per heavy atom. The topological polar surface area (TPSA) is 120 Å². The number of rotatable bonds is 8. The van der Waals surface area contributed by atoms with E-state index in [1.54, 1.807) is 0 Å². The molecule has 108 valence electrons. The quantitative estimate of drug-likeness (QED) is 0.333. The molecule has 0 spiro atoms. The maximum absolute atomic E-state index is 9.54. The number of hydrogen-bond donors (Lipinski definition) is 5. The fourth-order valence-electron chi connectivity index (χ4n) is 1.82. The van der Waals surface area contributed by atoms with Crippen LogP contribution < -0.4 is 0 Å². The van der Waals surface area contributed by atoms with E-state index < -0.39 is 37.1 Å². The summed E-state index contributed by atoms with van der Waals surface area (Å²) in [6, 6.07) is 0. The van der Waals surface area contributed by atoms with Gasteiger partial charge in [-0.15, -0.1) is 0 Å². The Balaban J connectivity index is 2.26. The summed E-state index contributed by atoms with van der Waals surface area (Å²) in [6.45, 7) is -0.829. The van der Waals surface area contributed by atoms with Crippen molar-refractivity contribution in [1.29, 1.82) is 0 Å². The molecule has 0 heterocycles. The first kappa shape index (κ1) is 15.8. The average molecular weight is 266 g/mol. The van der Waals surface area contributed by atoms with E-state index in [-0.39, 0.29) is 19.8 Å². The summed E-state index contributed by atoms with van der Waals surface area (Å²) in [5.74, 6) is 0. The van der Waals surface area contributed by atoms with Crippen molar-refractivity contribution in [3.05, 3.63) is 0 Å². The molecule has 5 N–H and O–H groups in total. The molecule has 0 aliphatic heterocycles. The van der Waals surface area contributed by atoms with Gasteiger partial charge >= 0.3 is 0 Å². The van der Waals surface area contributed by atoms with Crippen molar-refractivity contribution in [1.82, 2.24) is 0 Å². The number of ether oxygens (including phenoxy) is 2. The number of aliphatic hydroxyl groups excluding tert-OH is 5. The molecule has 0 aromatic rings. The van der Waals surface area contributed by atoms with Gasteiger partial charge in [0.2, 0.25) is 0 Å². The van der Waals surface area contributed by atoms with Crippen LogP contribution in [0.25, 0.3) is 0 Å². The predicted molar refractivity (Wildman–Crippen MR) is 60.9 cm³/mol. The third-order valence-electron chi connectivity index (χ3n) is 2.93. The highest BCUT2D eigenvalue weighted by Crippen LogP contribution is 2.22. The van der Waals surface area contributed by atoms with Crippen molar-refractivity contribution in [2.24, 2.45) is 0 Å². The lowest BCUT2D eigenvalue weighted by atomic mass is 10.2. The van der Waals surface area contributed by atoms with E-state index in [1.165, 1.54) is 0 Å². The molecule has 0 saturated heterocycles. The molecule has 0 aromatic carbocycles. The first-order valence-corrected chi connectivity index (χ1v) is 6.07. The fraction of sp³-hybridized carbons (Fsp3) is 1.00. The molecule has 0 bridgehead atoms. The molecule has 0 amide bonds. The summed E-state index contributed by atoms with van der Waals surface area (Å²) >= 11 is 0. The Bertz CT molecular complexity index is 215. The molecular weight excluding hydrogens is 244 g/mol. The monoisotopic (exact) mass is 266 g/mol. The predicted octanol–water partition coefficient (Wildman–Crippen LogP) is -2.38. The molecule has 1 fully saturated rings. The molecule has 1 aliphatic carbocycles. The van der Waals surface area contributed by atoms with Gasteiger partial charge in [-0.3, -0.25) is 0 Å². The second-order valence-electron chi connectivity index (χ2n) is 4.48. The van der Waals surface area contributed by atoms with E-state index in [1.807, 2.05) is 0 Å². The highest BCUT2D eigenvalue weighted by atomic mass is 16.6. The maximum Gasteiger partial charge on any atom is 0.109 e. The SMILES string of the molecule is OCC(O)COC(CO)COC1C(O)CCC1O. The third kappa shape index (κ3) is 4.77. The molecule has 7 nitrogen and oxygen atoms in total. The Labute approximate surface area is 106 Å². The van der Waals surface area contributed by atoms with Gasteiger partial charge in [0.05, 0.1) is 38.6 Å². The fourth-order valence-corrected chi connectivity index (χ4v) is 1.82. The van der Waals surface area contributed by atoms with E-state index in [0.29, 0.717) is 12.8 Å². The van der Waals surface area contributed by atoms with E-state index in [2.05, 4.69) is 0 Å². The summed E-state index contributed by atoms with van der Waals surface area (Å²) < 4.78 is 10.4. The van der Waals surface area contributed by atoms with Crippen molar-refractivity contribution in [2.45, 2.75) is 43.4 Å². The highest BCUT2D eigenvalue weighted by Gasteiger charge is 2.35. The molecule has 1 saturated carbocycles. The van der Waals surface area contributed by atoms with Gasteiger partial charge in [-0.2, -0.15) is 0 Å². The van der Waals surface area contributed by atoms with Crippen LogP contribution >= 0.6 is 0 Å². The van der Waals surface area contributed by atoms with E-state index in [4.69, 9.17) is 24.8 Å². The summed E-state index contributed by atoms with van der Waals surface area (Å²) in [5, 5.41) is 45.8. The van der Waals surface area contributed by atoms with Crippen molar-refractivity contribution >= 4 is 0 Å². The molecular formula is C11H22O7. The molecule has 0 radical (unpaired) electrons. The molecule has 4 unspecified atom stereocenters. The second kappa shape index (κ2) is 8.00. The largest absolute Gasteiger partial charge is 0.394 e. The number of aliphatic hydroxyl groups is 5. The number of hydrogen-bond acceptors (Lipinski definition) is 7. The Morgan fingerprint density at radius 1 is 1.00 bits per heavy atom. The summed E-state index contributed by atoms with van der Waals surface area (Å²) in [4.78, 5) is 0. The van der Waals surface area contributed by atoms with Crippen molar-refractivity contribution in [3.8, 4) is 0 Å². The van der Waals surface area contributed by atoms with Crippen molar-refractivity contribution in [2.75, 3.05) is 26.4 Å². The van der Waals surface area contributed by atoms with Crippen LogP contribution in [0.5, 0.6) is 0 Å². The molecule has 7 heteroatoms. The highest BCUT2D eigenvalue weighted by molar-refractivity contribution is 4.85. The van der Waals surface area contributed by atoms with Gasteiger partial charge < -0.3 is 35.0 Å². The minimum atomic E-state index is -0.998. The van der Waals surface area contributed by atoms with Crippen LogP contribution in [0.4, 0.5) is 0 Å².